The number of rotatable bonds is 5. The summed E-state index contributed by atoms with van der Waals surface area (Å²) in [6, 6.07) is 8.68. The second-order valence-electron chi connectivity index (χ2n) is 6.81. The summed E-state index contributed by atoms with van der Waals surface area (Å²) in [6.07, 6.45) is 6.21. The van der Waals surface area contributed by atoms with E-state index in [2.05, 4.69) is 47.4 Å². The van der Waals surface area contributed by atoms with Crippen LogP contribution < -0.4 is 0 Å². The summed E-state index contributed by atoms with van der Waals surface area (Å²) in [7, 11) is 3.82. The molecule has 0 radical (unpaired) electrons. The highest BCUT2D eigenvalue weighted by molar-refractivity contribution is 5.78. The van der Waals surface area contributed by atoms with Gasteiger partial charge in [-0.25, -0.2) is 0 Å². The van der Waals surface area contributed by atoms with Crippen LogP contribution in [-0.2, 0) is 18.4 Å². The first-order valence-corrected chi connectivity index (χ1v) is 8.55. The molecule has 0 N–H and O–H groups in total. The van der Waals surface area contributed by atoms with E-state index in [-0.39, 0.29) is 5.91 Å². The molecule has 0 unspecified atom stereocenters. The number of hydrogen-bond donors (Lipinski definition) is 0. The van der Waals surface area contributed by atoms with E-state index >= 15 is 0 Å². The van der Waals surface area contributed by atoms with E-state index in [1.54, 1.807) is 0 Å². The fourth-order valence-electron chi connectivity index (χ4n) is 3.36. The first-order chi connectivity index (χ1) is 11.5. The molecule has 0 aliphatic carbocycles. The molecule has 1 aliphatic heterocycles. The van der Waals surface area contributed by atoms with Crippen LogP contribution >= 0.6 is 0 Å². The lowest BCUT2D eigenvalue weighted by Gasteiger charge is -2.26. The van der Waals surface area contributed by atoms with Crippen LogP contribution in [0.25, 0.3) is 0 Å². The molecular weight excluding hydrogens is 300 g/mol. The summed E-state index contributed by atoms with van der Waals surface area (Å²) < 4.78 is 1.83. The third-order valence-electron chi connectivity index (χ3n) is 4.78. The van der Waals surface area contributed by atoms with Crippen molar-refractivity contribution in [2.24, 2.45) is 7.05 Å². The first-order valence-electron chi connectivity index (χ1n) is 8.55. The molecule has 1 amide bonds. The molecule has 1 aromatic heterocycles. The van der Waals surface area contributed by atoms with Gasteiger partial charge in [0.15, 0.2) is 0 Å². The summed E-state index contributed by atoms with van der Waals surface area (Å²) in [5.74, 6) is 0.173. The number of aryl methyl sites for hydroxylation is 2. The van der Waals surface area contributed by atoms with Crippen molar-refractivity contribution in [3.63, 3.8) is 0 Å². The molecule has 0 spiro atoms. The number of likely N-dealkylation sites (tertiary alicyclic amines) is 1. The van der Waals surface area contributed by atoms with Crippen LogP contribution in [0.4, 0.5) is 0 Å². The Bertz CT molecular complexity index is 692. The van der Waals surface area contributed by atoms with E-state index in [0.29, 0.717) is 19.1 Å². The van der Waals surface area contributed by atoms with Gasteiger partial charge in [0.1, 0.15) is 0 Å². The Balaban J connectivity index is 1.59. The van der Waals surface area contributed by atoms with Crippen molar-refractivity contribution in [3.05, 3.63) is 53.3 Å². The number of benzene rings is 1. The Morgan fingerprint density at radius 1 is 1.33 bits per heavy atom. The second kappa shape index (κ2) is 7.18. The largest absolute Gasteiger partial charge is 0.340 e. The lowest BCUT2D eigenvalue weighted by molar-refractivity contribution is -0.131. The van der Waals surface area contributed by atoms with E-state index in [9.17, 15) is 4.79 Å². The molecular formula is C19H26N4O. The zero-order chi connectivity index (χ0) is 17.1. The fourth-order valence-corrected chi connectivity index (χ4v) is 3.36. The van der Waals surface area contributed by atoms with E-state index in [1.807, 2.05) is 29.9 Å². The van der Waals surface area contributed by atoms with Crippen molar-refractivity contribution in [3.8, 4) is 0 Å². The number of carbonyl (C=O) groups is 1. The first kappa shape index (κ1) is 16.7. The van der Waals surface area contributed by atoms with Crippen LogP contribution in [0.2, 0.25) is 0 Å². The van der Waals surface area contributed by atoms with Gasteiger partial charge in [-0.1, -0.05) is 29.8 Å². The summed E-state index contributed by atoms with van der Waals surface area (Å²) in [5.41, 5.74) is 3.62. The van der Waals surface area contributed by atoms with Gasteiger partial charge in [0, 0.05) is 38.4 Å². The van der Waals surface area contributed by atoms with Crippen LogP contribution in [-0.4, -0.2) is 45.6 Å². The monoisotopic (exact) mass is 326 g/mol. The SMILES string of the molecule is Cc1ccc(CN(C)C(=O)CN2CCC[C@H]2c2cnn(C)c2)cc1. The highest BCUT2D eigenvalue weighted by Gasteiger charge is 2.29. The Morgan fingerprint density at radius 3 is 2.75 bits per heavy atom. The quantitative estimate of drug-likeness (QED) is 0.848. The minimum atomic E-state index is 0.173. The van der Waals surface area contributed by atoms with Gasteiger partial charge < -0.3 is 4.90 Å². The molecule has 0 bridgehead atoms. The summed E-state index contributed by atoms with van der Waals surface area (Å²) in [5, 5.41) is 4.27. The standard InChI is InChI=1S/C19H26N4O/c1-15-6-8-16(9-7-15)12-21(2)19(24)14-23-10-4-5-18(23)17-11-20-22(3)13-17/h6-9,11,13,18H,4-5,10,12,14H2,1-3H3/t18-/m0/s1. The number of carbonyl (C=O) groups excluding carboxylic acids is 1. The average Bonchev–Trinajstić information content (AvgIpc) is 3.18. The van der Waals surface area contributed by atoms with Crippen molar-refractivity contribution in [1.82, 2.24) is 19.6 Å². The lowest BCUT2D eigenvalue weighted by Crippen LogP contribution is -2.37. The zero-order valence-electron chi connectivity index (χ0n) is 14.8. The van der Waals surface area contributed by atoms with Crippen molar-refractivity contribution < 1.29 is 4.79 Å². The molecule has 0 saturated carbocycles. The Kier molecular flexibility index (Phi) is 5.00. The number of likely N-dealkylation sites (N-methyl/N-ethyl adjacent to an activating group) is 1. The molecule has 5 nitrogen and oxygen atoms in total. The van der Waals surface area contributed by atoms with Crippen molar-refractivity contribution in [2.75, 3.05) is 20.1 Å². The zero-order valence-corrected chi connectivity index (χ0v) is 14.8. The molecule has 1 saturated heterocycles. The second-order valence-corrected chi connectivity index (χ2v) is 6.81. The maximum Gasteiger partial charge on any atom is 0.236 e. The highest BCUT2D eigenvalue weighted by Crippen LogP contribution is 2.31. The van der Waals surface area contributed by atoms with Crippen LogP contribution in [0.1, 0.15) is 35.6 Å². The maximum atomic E-state index is 12.6. The minimum Gasteiger partial charge on any atom is -0.340 e. The third-order valence-corrected chi connectivity index (χ3v) is 4.78. The third kappa shape index (κ3) is 3.85. The predicted molar refractivity (Wildman–Crippen MR) is 94.4 cm³/mol. The van der Waals surface area contributed by atoms with Crippen LogP contribution in [0.15, 0.2) is 36.7 Å². The lowest BCUT2D eigenvalue weighted by atomic mass is 10.1. The normalized spacial score (nSPS) is 18.0. The topological polar surface area (TPSA) is 41.4 Å². The number of nitrogens with zero attached hydrogens (tertiary/aromatic N) is 4. The van der Waals surface area contributed by atoms with Crippen LogP contribution in [0, 0.1) is 6.92 Å². The molecule has 1 fully saturated rings. The van der Waals surface area contributed by atoms with Crippen molar-refractivity contribution >= 4 is 5.91 Å². The number of aromatic nitrogens is 2. The van der Waals surface area contributed by atoms with Gasteiger partial charge >= 0.3 is 0 Å². The molecule has 2 aromatic rings. The maximum absolute atomic E-state index is 12.6. The van der Waals surface area contributed by atoms with Gasteiger partial charge in [0.25, 0.3) is 0 Å². The molecule has 3 rings (SSSR count). The predicted octanol–water partition coefficient (Wildman–Crippen LogP) is 2.52. The smallest absolute Gasteiger partial charge is 0.236 e. The van der Waals surface area contributed by atoms with E-state index in [0.717, 1.165) is 19.4 Å². The van der Waals surface area contributed by atoms with Crippen LogP contribution in [0.5, 0.6) is 0 Å². The fraction of sp³-hybridized carbons (Fsp3) is 0.474. The van der Waals surface area contributed by atoms with Crippen molar-refractivity contribution in [2.45, 2.75) is 32.4 Å². The summed E-state index contributed by atoms with van der Waals surface area (Å²) in [6.45, 7) is 4.18. The Hall–Kier alpha value is -2.14. The Labute approximate surface area is 143 Å². The Morgan fingerprint density at radius 2 is 2.08 bits per heavy atom. The van der Waals surface area contributed by atoms with Gasteiger partial charge in [0.05, 0.1) is 12.7 Å². The summed E-state index contributed by atoms with van der Waals surface area (Å²) in [4.78, 5) is 16.7. The molecule has 1 aromatic carbocycles. The van der Waals surface area contributed by atoms with Gasteiger partial charge in [-0.15, -0.1) is 0 Å². The summed E-state index contributed by atoms with van der Waals surface area (Å²) >= 11 is 0. The van der Waals surface area contributed by atoms with E-state index in [4.69, 9.17) is 0 Å². The van der Waals surface area contributed by atoms with Crippen molar-refractivity contribution in [1.29, 1.82) is 0 Å². The van der Waals surface area contributed by atoms with E-state index in [1.165, 1.54) is 16.7 Å². The van der Waals surface area contributed by atoms with E-state index < -0.39 is 0 Å². The van der Waals surface area contributed by atoms with Gasteiger partial charge in [-0.05, 0) is 31.9 Å². The molecule has 2 heterocycles. The molecule has 1 atom stereocenters. The number of amides is 1. The highest BCUT2D eigenvalue weighted by atomic mass is 16.2. The van der Waals surface area contributed by atoms with Gasteiger partial charge in [-0.3, -0.25) is 14.4 Å². The van der Waals surface area contributed by atoms with Crippen LogP contribution in [0.3, 0.4) is 0 Å². The molecule has 5 heteroatoms. The van der Waals surface area contributed by atoms with Gasteiger partial charge in [-0.2, -0.15) is 5.10 Å². The molecule has 128 valence electrons. The number of hydrogen-bond acceptors (Lipinski definition) is 3. The molecule has 24 heavy (non-hydrogen) atoms. The van der Waals surface area contributed by atoms with Gasteiger partial charge in [0.2, 0.25) is 5.91 Å². The minimum absolute atomic E-state index is 0.173. The average molecular weight is 326 g/mol. The molecule has 1 aliphatic rings.